The summed E-state index contributed by atoms with van der Waals surface area (Å²) in [7, 11) is -3.60. The lowest BCUT2D eigenvalue weighted by Gasteiger charge is -2.09. The first kappa shape index (κ1) is 15.2. The SMILES string of the molecule is N#Cc1cc(NS(=O)(=O)Cc2cccc(N)c2)ccc1Cl. The largest absolute Gasteiger partial charge is 0.399 e. The minimum atomic E-state index is -3.60. The third-order valence-electron chi connectivity index (χ3n) is 2.67. The van der Waals surface area contributed by atoms with Gasteiger partial charge in [-0.15, -0.1) is 0 Å². The summed E-state index contributed by atoms with van der Waals surface area (Å²) in [4.78, 5) is 0. The number of hydrogen-bond donors (Lipinski definition) is 2. The molecule has 0 saturated heterocycles. The van der Waals surface area contributed by atoms with Crippen LogP contribution in [0.25, 0.3) is 0 Å². The van der Waals surface area contributed by atoms with E-state index < -0.39 is 10.0 Å². The molecule has 0 aliphatic rings. The van der Waals surface area contributed by atoms with Crippen molar-refractivity contribution < 1.29 is 8.42 Å². The zero-order valence-corrected chi connectivity index (χ0v) is 12.4. The van der Waals surface area contributed by atoms with Crippen molar-refractivity contribution in [3.63, 3.8) is 0 Å². The van der Waals surface area contributed by atoms with Gasteiger partial charge in [-0.05, 0) is 35.9 Å². The molecule has 0 saturated carbocycles. The molecule has 0 heterocycles. The highest BCUT2D eigenvalue weighted by molar-refractivity contribution is 7.91. The Morgan fingerprint density at radius 3 is 2.67 bits per heavy atom. The smallest absolute Gasteiger partial charge is 0.236 e. The molecule has 2 aromatic carbocycles. The van der Waals surface area contributed by atoms with Gasteiger partial charge in [-0.3, -0.25) is 4.72 Å². The van der Waals surface area contributed by atoms with Gasteiger partial charge in [0, 0.05) is 11.4 Å². The summed E-state index contributed by atoms with van der Waals surface area (Å²) in [5, 5.41) is 9.16. The maximum absolute atomic E-state index is 12.1. The van der Waals surface area contributed by atoms with Gasteiger partial charge in [0.25, 0.3) is 0 Å². The number of rotatable bonds is 4. The maximum Gasteiger partial charge on any atom is 0.236 e. The Labute approximate surface area is 128 Å². The predicted molar refractivity (Wildman–Crippen MR) is 83.3 cm³/mol. The van der Waals surface area contributed by atoms with E-state index >= 15 is 0 Å². The molecule has 0 bridgehead atoms. The number of nitrogen functional groups attached to an aromatic ring is 1. The van der Waals surface area contributed by atoms with E-state index in [1.54, 1.807) is 24.3 Å². The molecule has 0 aromatic heterocycles. The minimum Gasteiger partial charge on any atom is -0.399 e. The quantitative estimate of drug-likeness (QED) is 0.846. The third kappa shape index (κ3) is 4.12. The molecule has 0 fully saturated rings. The zero-order valence-electron chi connectivity index (χ0n) is 10.9. The zero-order chi connectivity index (χ0) is 15.5. The summed E-state index contributed by atoms with van der Waals surface area (Å²) in [6.45, 7) is 0. The van der Waals surface area contributed by atoms with Crippen LogP contribution in [0, 0.1) is 11.3 Å². The van der Waals surface area contributed by atoms with Crippen molar-refractivity contribution in [1.29, 1.82) is 5.26 Å². The van der Waals surface area contributed by atoms with Gasteiger partial charge in [0.1, 0.15) is 6.07 Å². The summed E-state index contributed by atoms with van der Waals surface area (Å²) in [6.07, 6.45) is 0. The van der Waals surface area contributed by atoms with Crippen LogP contribution < -0.4 is 10.5 Å². The predicted octanol–water partition coefficient (Wildman–Crippen LogP) is 2.74. The fraction of sp³-hybridized carbons (Fsp3) is 0.0714. The van der Waals surface area contributed by atoms with Gasteiger partial charge in [-0.2, -0.15) is 5.26 Å². The van der Waals surface area contributed by atoms with Gasteiger partial charge < -0.3 is 5.73 Å². The summed E-state index contributed by atoms with van der Waals surface area (Å²) in [6, 6.07) is 12.9. The van der Waals surface area contributed by atoms with E-state index in [2.05, 4.69) is 4.72 Å². The number of benzene rings is 2. The highest BCUT2D eigenvalue weighted by Crippen LogP contribution is 2.21. The summed E-state index contributed by atoms with van der Waals surface area (Å²) >= 11 is 5.80. The molecule has 2 rings (SSSR count). The van der Waals surface area contributed by atoms with Crippen LogP contribution in [0.15, 0.2) is 42.5 Å². The Bertz CT molecular complexity index is 813. The Morgan fingerprint density at radius 2 is 2.00 bits per heavy atom. The second-order valence-corrected chi connectivity index (χ2v) is 6.54. The van der Waals surface area contributed by atoms with E-state index in [1.165, 1.54) is 18.2 Å². The second-order valence-electron chi connectivity index (χ2n) is 4.41. The van der Waals surface area contributed by atoms with E-state index in [4.69, 9.17) is 22.6 Å². The van der Waals surface area contributed by atoms with Crippen molar-refractivity contribution in [3.8, 4) is 6.07 Å². The Morgan fingerprint density at radius 1 is 1.24 bits per heavy atom. The monoisotopic (exact) mass is 321 g/mol. The first-order valence-corrected chi connectivity index (χ1v) is 7.97. The number of nitrogens with one attached hydrogen (secondary N) is 1. The molecule has 0 unspecified atom stereocenters. The molecule has 0 amide bonds. The summed E-state index contributed by atoms with van der Waals surface area (Å²) in [5.74, 6) is -0.206. The molecular formula is C14H12ClN3O2S. The molecule has 108 valence electrons. The molecule has 21 heavy (non-hydrogen) atoms. The van der Waals surface area contributed by atoms with E-state index in [0.29, 0.717) is 16.9 Å². The molecule has 2 aromatic rings. The second kappa shape index (κ2) is 6.04. The van der Waals surface area contributed by atoms with Gasteiger partial charge >= 0.3 is 0 Å². The number of anilines is 2. The summed E-state index contributed by atoms with van der Waals surface area (Å²) in [5.41, 5.74) is 7.20. The van der Waals surface area contributed by atoms with Crippen molar-refractivity contribution in [2.45, 2.75) is 5.75 Å². The minimum absolute atomic E-state index is 0.206. The molecular weight excluding hydrogens is 310 g/mol. The van der Waals surface area contributed by atoms with Crippen LogP contribution in [-0.4, -0.2) is 8.42 Å². The van der Waals surface area contributed by atoms with Crippen LogP contribution in [0.4, 0.5) is 11.4 Å². The lowest BCUT2D eigenvalue weighted by Crippen LogP contribution is -2.15. The van der Waals surface area contributed by atoms with E-state index in [9.17, 15) is 8.42 Å². The van der Waals surface area contributed by atoms with Crippen molar-refractivity contribution >= 4 is 33.0 Å². The van der Waals surface area contributed by atoms with Gasteiger partial charge in [0.15, 0.2) is 0 Å². The molecule has 0 radical (unpaired) electrons. The number of hydrogen-bond acceptors (Lipinski definition) is 4. The lowest BCUT2D eigenvalue weighted by atomic mass is 10.2. The molecule has 5 nitrogen and oxygen atoms in total. The molecule has 0 aliphatic heterocycles. The van der Waals surface area contributed by atoms with Gasteiger partial charge in [0.2, 0.25) is 10.0 Å². The fourth-order valence-electron chi connectivity index (χ4n) is 1.79. The van der Waals surface area contributed by atoms with Crippen LogP contribution in [0.1, 0.15) is 11.1 Å². The van der Waals surface area contributed by atoms with Crippen molar-refractivity contribution in [1.82, 2.24) is 0 Å². The van der Waals surface area contributed by atoms with Crippen molar-refractivity contribution in [2.24, 2.45) is 0 Å². The number of nitriles is 1. The number of sulfonamides is 1. The Balaban J connectivity index is 2.20. The normalized spacial score (nSPS) is 10.9. The average molecular weight is 322 g/mol. The van der Waals surface area contributed by atoms with E-state index in [-0.39, 0.29) is 16.3 Å². The van der Waals surface area contributed by atoms with Crippen LogP contribution in [0.2, 0.25) is 5.02 Å². The topological polar surface area (TPSA) is 96.0 Å². The van der Waals surface area contributed by atoms with Gasteiger partial charge in [-0.25, -0.2) is 8.42 Å². The van der Waals surface area contributed by atoms with Crippen LogP contribution >= 0.6 is 11.6 Å². The first-order chi connectivity index (χ1) is 9.89. The Hall–Kier alpha value is -2.23. The van der Waals surface area contributed by atoms with E-state index in [1.807, 2.05) is 6.07 Å². The van der Waals surface area contributed by atoms with E-state index in [0.717, 1.165) is 0 Å². The third-order valence-corrected chi connectivity index (χ3v) is 4.26. The molecule has 7 heteroatoms. The van der Waals surface area contributed by atoms with Gasteiger partial charge in [0.05, 0.1) is 16.3 Å². The maximum atomic E-state index is 12.1. The highest BCUT2D eigenvalue weighted by Gasteiger charge is 2.13. The van der Waals surface area contributed by atoms with Crippen LogP contribution in [0.5, 0.6) is 0 Å². The lowest BCUT2D eigenvalue weighted by molar-refractivity contribution is 0.600. The van der Waals surface area contributed by atoms with Crippen LogP contribution in [-0.2, 0) is 15.8 Å². The molecule has 3 N–H and O–H groups in total. The standard InChI is InChI=1S/C14H12ClN3O2S/c15-14-5-4-13(7-11(14)8-16)18-21(19,20)9-10-2-1-3-12(17)6-10/h1-7,18H,9,17H2. The van der Waals surface area contributed by atoms with Crippen molar-refractivity contribution in [2.75, 3.05) is 10.5 Å². The number of nitrogens with two attached hydrogens (primary N) is 1. The summed E-state index contributed by atoms with van der Waals surface area (Å²) < 4.78 is 26.6. The number of halogens is 1. The molecule has 0 atom stereocenters. The van der Waals surface area contributed by atoms with Gasteiger partial charge in [-0.1, -0.05) is 23.7 Å². The first-order valence-electron chi connectivity index (χ1n) is 5.94. The highest BCUT2D eigenvalue weighted by atomic mass is 35.5. The molecule has 0 aliphatic carbocycles. The molecule has 0 spiro atoms. The Kier molecular flexibility index (Phi) is 4.36. The fourth-order valence-corrected chi connectivity index (χ4v) is 3.13. The number of nitrogens with zero attached hydrogens (tertiary/aromatic N) is 1. The van der Waals surface area contributed by atoms with Crippen LogP contribution in [0.3, 0.4) is 0 Å². The average Bonchev–Trinajstić information content (AvgIpc) is 2.40. The van der Waals surface area contributed by atoms with Crippen molar-refractivity contribution in [3.05, 3.63) is 58.6 Å².